The maximum atomic E-state index is 13.8. The molecule has 1 aliphatic heterocycles. The summed E-state index contributed by atoms with van der Waals surface area (Å²) in [6, 6.07) is 9.67. The van der Waals surface area contributed by atoms with Crippen LogP contribution in [0.25, 0.3) is 6.08 Å². The first kappa shape index (κ1) is 16.7. The third kappa shape index (κ3) is 4.23. The third-order valence-electron chi connectivity index (χ3n) is 3.69. The average Bonchev–Trinajstić information content (AvgIpc) is 3.03. The summed E-state index contributed by atoms with van der Waals surface area (Å²) < 4.78 is 19.3. The van der Waals surface area contributed by atoms with E-state index in [0.717, 1.165) is 23.3 Å². The molecule has 6 heteroatoms. The Bertz CT molecular complexity index is 862. The van der Waals surface area contributed by atoms with Gasteiger partial charge in [0.15, 0.2) is 0 Å². The predicted octanol–water partition coefficient (Wildman–Crippen LogP) is 3.37. The van der Waals surface area contributed by atoms with Crippen molar-refractivity contribution in [3.63, 3.8) is 0 Å². The molecule has 128 valence electrons. The first-order chi connectivity index (χ1) is 12.0. The van der Waals surface area contributed by atoms with Crippen molar-refractivity contribution in [1.82, 2.24) is 0 Å². The van der Waals surface area contributed by atoms with Crippen LogP contribution in [-0.4, -0.2) is 18.4 Å². The Kier molecular flexibility index (Phi) is 4.79. The Hall–Kier alpha value is -3.15. The van der Waals surface area contributed by atoms with E-state index in [1.165, 1.54) is 31.2 Å². The van der Waals surface area contributed by atoms with E-state index in [9.17, 15) is 14.0 Å². The van der Waals surface area contributed by atoms with E-state index in [0.29, 0.717) is 12.3 Å². The number of fused-ring (bicyclic) bond motifs is 1. The smallest absolute Gasteiger partial charge is 0.248 e. The maximum Gasteiger partial charge on any atom is 0.248 e. The summed E-state index contributed by atoms with van der Waals surface area (Å²) in [5.74, 6) is -0.441. The molecule has 2 aromatic rings. The van der Waals surface area contributed by atoms with E-state index in [1.807, 2.05) is 18.2 Å². The molecule has 0 bridgehead atoms. The fourth-order valence-electron chi connectivity index (χ4n) is 2.56. The molecule has 25 heavy (non-hydrogen) atoms. The minimum Gasteiger partial charge on any atom is -0.493 e. The summed E-state index contributed by atoms with van der Waals surface area (Å²) in [6.07, 6.45) is 3.84. The molecular weight excluding hydrogens is 323 g/mol. The van der Waals surface area contributed by atoms with Crippen molar-refractivity contribution in [2.75, 3.05) is 17.2 Å². The molecular formula is C19H17FN2O3. The van der Waals surface area contributed by atoms with Gasteiger partial charge in [0.2, 0.25) is 11.8 Å². The highest BCUT2D eigenvalue weighted by atomic mass is 19.1. The van der Waals surface area contributed by atoms with Gasteiger partial charge in [-0.05, 0) is 47.5 Å². The monoisotopic (exact) mass is 340 g/mol. The van der Waals surface area contributed by atoms with Crippen LogP contribution in [0.1, 0.15) is 18.1 Å². The molecule has 2 amide bonds. The van der Waals surface area contributed by atoms with Crippen LogP contribution in [0.3, 0.4) is 0 Å². The van der Waals surface area contributed by atoms with Gasteiger partial charge in [-0.15, -0.1) is 0 Å². The molecule has 1 aliphatic rings. The number of hydrogen-bond acceptors (Lipinski definition) is 3. The van der Waals surface area contributed by atoms with Crippen LogP contribution in [-0.2, 0) is 16.0 Å². The van der Waals surface area contributed by atoms with Crippen molar-refractivity contribution in [3.05, 3.63) is 59.4 Å². The lowest BCUT2D eigenvalue weighted by atomic mass is 10.1. The van der Waals surface area contributed by atoms with Crippen molar-refractivity contribution in [1.29, 1.82) is 0 Å². The van der Waals surface area contributed by atoms with Crippen LogP contribution in [0, 0.1) is 5.82 Å². The molecule has 1 heterocycles. The minimum atomic E-state index is -0.578. The van der Waals surface area contributed by atoms with Gasteiger partial charge < -0.3 is 15.4 Å². The molecule has 5 nitrogen and oxygen atoms in total. The normalized spacial score (nSPS) is 12.6. The summed E-state index contributed by atoms with van der Waals surface area (Å²) in [5.41, 5.74) is 2.39. The molecule has 0 saturated heterocycles. The van der Waals surface area contributed by atoms with Gasteiger partial charge in [0, 0.05) is 25.1 Å². The Morgan fingerprint density at radius 2 is 2.00 bits per heavy atom. The lowest BCUT2D eigenvalue weighted by Gasteiger charge is -2.07. The molecule has 0 radical (unpaired) electrons. The highest BCUT2D eigenvalue weighted by Crippen LogP contribution is 2.26. The van der Waals surface area contributed by atoms with E-state index < -0.39 is 11.7 Å². The van der Waals surface area contributed by atoms with Crippen molar-refractivity contribution < 1.29 is 18.7 Å². The van der Waals surface area contributed by atoms with Crippen molar-refractivity contribution in [2.24, 2.45) is 0 Å². The quantitative estimate of drug-likeness (QED) is 0.839. The fraction of sp³-hybridized carbons (Fsp3) is 0.158. The van der Waals surface area contributed by atoms with E-state index in [-0.39, 0.29) is 11.6 Å². The Morgan fingerprint density at radius 1 is 1.16 bits per heavy atom. The third-order valence-corrected chi connectivity index (χ3v) is 3.69. The molecule has 0 fully saturated rings. The van der Waals surface area contributed by atoms with Crippen LogP contribution in [0.15, 0.2) is 42.5 Å². The second-order valence-electron chi connectivity index (χ2n) is 5.66. The minimum absolute atomic E-state index is 0.00301. The van der Waals surface area contributed by atoms with Gasteiger partial charge in [0.05, 0.1) is 12.3 Å². The number of halogens is 1. The van der Waals surface area contributed by atoms with Crippen LogP contribution >= 0.6 is 0 Å². The van der Waals surface area contributed by atoms with Crippen LogP contribution < -0.4 is 15.4 Å². The van der Waals surface area contributed by atoms with Gasteiger partial charge in [-0.1, -0.05) is 6.07 Å². The summed E-state index contributed by atoms with van der Waals surface area (Å²) in [4.78, 5) is 23.1. The highest BCUT2D eigenvalue weighted by Gasteiger charge is 2.11. The largest absolute Gasteiger partial charge is 0.493 e. The Morgan fingerprint density at radius 3 is 2.80 bits per heavy atom. The maximum absolute atomic E-state index is 13.8. The molecule has 0 unspecified atom stereocenters. The van der Waals surface area contributed by atoms with E-state index in [1.54, 1.807) is 6.08 Å². The highest BCUT2D eigenvalue weighted by molar-refractivity contribution is 6.02. The number of carbonyl (C=O) groups is 2. The number of rotatable bonds is 4. The zero-order valence-corrected chi connectivity index (χ0v) is 13.6. The number of nitrogens with one attached hydrogen (secondary N) is 2. The number of anilines is 2. The number of hydrogen-bond donors (Lipinski definition) is 2. The Labute approximate surface area is 144 Å². The number of benzene rings is 2. The van der Waals surface area contributed by atoms with Gasteiger partial charge in [0.1, 0.15) is 11.6 Å². The lowest BCUT2D eigenvalue weighted by Crippen LogP contribution is -2.11. The number of carbonyl (C=O) groups excluding carboxylic acids is 2. The second-order valence-corrected chi connectivity index (χ2v) is 5.66. The van der Waals surface area contributed by atoms with Crippen molar-refractivity contribution in [3.8, 4) is 5.75 Å². The molecule has 2 aromatic carbocycles. The summed E-state index contributed by atoms with van der Waals surface area (Å²) >= 11 is 0. The van der Waals surface area contributed by atoms with Crippen molar-refractivity contribution in [2.45, 2.75) is 13.3 Å². The van der Waals surface area contributed by atoms with Gasteiger partial charge in [0.25, 0.3) is 0 Å². The first-order valence-corrected chi connectivity index (χ1v) is 7.83. The lowest BCUT2D eigenvalue weighted by molar-refractivity contribution is -0.114. The van der Waals surface area contributed by atoms with Crippen LogP contribution in [0.4, 0.5) is 15.8 Å². The molecule has 0 aromatic heterocycles. The molecule has 0 spiro atoms. The average molecular weight is 340 g/mol. The Balaban J connectivity index is 1.69. The second kappa shape index (κ2) is 7.17. The van der Waals surface area contributed by atoms with Gasteiger partial charge in [-0.3, -0.25) is 9.59 Å². The van der Waals surface area contributed by atoms with Gasteiger partial charge in [-0.25, -0.2) is 4.39 Å². The topological polar surface area (TPSA) is 67.4 Å². The first-order valence-electron chi connectivity index (χ1n) is 7.83. The standard InChI is InChI=1S/C19H17FN2O3/c1-12(23)21-15-4-5-16(20)17(11-15)22-19(24)7-3-13-2-6-18-14(10-13)8-9-25-18/h2-7,10-11H,8-9H2,1H3,(H,21,23)(H,22,24)/b7-3+. The van der Waals surface area contributed by atoms with Crippen LogP contribution in [0.2, 0.25) is 0 Å². The van der Waals surface area contributed by atoms with Crippen LogP contribution in [0.5, 0.6) is 5.75 Å². The molecule has 0 atom stereocenters. The summed E-state index contributed by atoms with van der Waals surface area (Å²) in [6.45, 7) is 2.03. The van der Waals surface area contributed by atoms with Gasteiger partial charge >= 0.3 is 0 Å². The molecule has 3 rings (SSSR count). The SMILES string of the molecule is CC(=O)Nc1ccc(F)c(NC(=O)/C=C/c2ccc3c(c2)CCO3)c1. The van der Waals surface area contributed by atoms with E-state index in [4.69, 9.17) is 4.74 Å². The summed E-state index contributed by atoms with van der Waals surface area (Å²) in [5, 5.41) is 5.01. The molecule has 2 N–H and O–H groups in total. The molecule has 0 saturated carbocycles. The van der Waals surface area contributed by atoms with Crippen molar-refractivity contribution >= 4 is 29.3 Å². The fourth-order valence-corrected chi connectivity index (χ4v) is 2.56. The van der Waals surface area contributed by atoms with E-state index in [2.05, 4.69) is 10.6 Å². The summed E-state index contributed by atoms with van der Waals surface area (Å²) in [7, 11) is 0. The van der Waals surface area contributed by atoms with E-state index >= 15 is 0 Å². The van der Waals surface area contributed by atoms with Gasteiger partial charge in [-0.2, -0.15) is 0 Å². The zero-order valence-electron chi connectivity index (χ0n) is 13.6. The zero-order chi connectivity index (χ0) is 17.8. The molecule has 0 aliphatic carbocycles. The number of ether oxygens (including phenoxy) is 1. The predicted molar refractivity (Wildman–Crippen MR) is 94.0 cm³/mol. The number of amides is 2.